The molecule has 4 rings (SSSR count). The predicted octanol–water partition coefficient (Wildman–Crippen LogP) is 3.41. The molecule has 0 radical (unpaired) electrons. The van der Waals surface area contributed by atoms with Crippen molar-refractivity contribution in [2.24, 2.45) is 5.92 Å². The zero-order chi connectivity index (χ0) is 18.1. The molecule has 26 heavy (non-hydrogen) atoms. The van der Waals surface area contributed by atoms with Crippen molar-refractivity contribution in [3.63, 3.8) is 0 Å². The highest BCUT2D eigenvalue weighted by atomic mass is 32.1. The summed E-state index contributed by atoms with van der Waals surface area (Å²) in [6.45, 7) is 1.66. The molecular weight excluding hydrogens is 344 g/mol. The van der Waals surface area contributed by atoms with Gasteiger partial charge in [0, 0.05) is 25.0 Å². The van der Waals surface area contributed by atoms with E-state index >= 15 is 0 Å². The lowest BCUT2D eigenvalue weighted by Gasteiger charge is -2.34. The molecular formula is C21H22N2O2S. The van der Waals surface area contributed by atoms with Crippen molar-refractivity contribution in [2.45, 2.75) is 19.3 Å². The van der Waals surface area contributed by atoms with Gasteiger partial charge < -0.3 is 4.90 Å². The van der Waals surface area contributed by atoms with E-state index < -0.39 is 0 Å². The molecule has 0 saturated carbocycles. The summed E-state index contributed by atoms with van der Waals surface area (Å²) in [5.41, 5.74) is 2.54. The normalized spacial score (nSPS) is 19.0. The molecule has 2 aliphatic heterocycles. The van der Waals surface area contributed by atoms with Gasteiger partial charge >= 0.3 is 0 Å². The Morgan fingerprint density at radius 2 is 1.73 bits per heavy atom. The number of likely N-dealkylation sites (tertiary alicyclic amines) is 1. The first-order valence-corrected chi connectivity index (χ1v) is 9.92. The van der Waals surface area contributed by atoms with E-state index in [1.807, 2.05) is 23.6 Å². The van der Waals surface area contributed by atoms with E-state index in [2.05, 4.69) is 29.2 Å². The van der Waals surface area contributed by atoms with Crippen molar-refractivity contribution in [1.29, 1.82) is 0 Å². The molecule has 1 aromatic heterocycles. The summed E-state index contributed by atoms with van der Waals surface area (Å²) >= 11 is 1.51. The Bertz CT molecular complexity index is 834. The molecule has 2 aromatic rings. The van der Waals surface area contributed by atoms with Gasteiger partial charge in [0.15, 0.2) is 0 Å². The van der Waals surface area contributed by atoms with Gasteiger partial charge in [-0.25, -0.2) is 0 Å². The number of hydrogen-bond acceptors (Lipinski definition) is 4. The maximum absolute atomic E-state index is 12.7. The average Bonchev–Trinajstić information content (AvgIpc) is 3.26. The Balaban J connectivity index is 1.52. The van der Waals surface area contributed by atoms with Crippen LogP contribution in [-0.2, 0) is 16.0 Å². The third kappa shape index (κ3) is 3.07. The zero-order valence-corrected chi connectivity index (χ0v) is 15.7. The molecule has 2 amide bonds. The molecule has 1 saturated heterocycles. The summed E-state index contributed by atoms with van der Waals surface area (Å²) in [5.74, 6) is 0.281. The number of amides is 2. The lowest BCUT2D eigenvalue weighted by atomic mass is 9.90. The lowest BCUT2D eigenvalue weighted by molar-refractivity contribution is -0.136. The smallest absolute Gasteiger partial charge is 0.277 e. The minimum atomic E-state index is -0.182. The molecule has 4 nitrogen and oxygen atoms in total. The molecule has 134 valence electrons. The predicted molar refractivity (Wildman–Crippen MR) is 103 cm³/mol. The first-order valence-electron chi connectivity index (χ1n) is 9.04. The van der Waals surface area contributed by atoms with E-state index in [1.54, 1.807) is 7.05 Å². The van der Waals surface area contributed by atoms with Crippen LogP contribution in [0, 0.1) is 5.92 Å². The second-order valence-corrected chi connectivity index (χ2v) is 7.94. The van der Waals surface area contributed by atoms with Crippen LogP contribution in [0.2, 0.25) is 0 Å². The fraction of sp³-hybridized carbons (Fsp3) is 0.333. The molecule has 0 unspecified atom stereocenters. The molecule has 1 fully saturated rings. The van der Waals surface area contributed by atoms with Gasteiger partial charge in [0.1, 0.15) is 5.70 Å². The summed E-state index contributed by atoms with van der Waals surface area (Å²) in [7, 11) is 1.58. The van der Waals surface area contributed by atoms with E-state index in [9.17, 15) is 9.59 Å². The van der Waals surface area contributed by atoms with Crippen LogP contribution >= 0.6 is 11.3 Å². The number of likely N-dealkylation sites (N-methyl/N-ethyl adjacent to an activating group) is 1. The van der Waals surface area contributed by atoms with Gasteiger partial charge in [0.2, 0.25) is 0 Å². The molecule has 5 heteroatoms. The minimum Gasteiger partial charge on any atom is -0.366 e. The summed E-state index contributed by atoms with van der Waals surface area (Å²) < 4.78 is 0. The first kappa shape index (κ1) is 17.0. The molecule has 3 heterocycles. The Hall–Kier alpha value is -2.40. The van der Waals surface area contributed by atoms with Gasteiger partial charge in [-0.15, -0.1) is 11.3 Å². The number of benzene rings is 1. The Morgan fingerprint density at radius 3 is 2.38 bits per heavy atom. The molecule has 0 atom stereocenters. The number of carbonyl (C=O) groups is 2. The van der Waals surface area contributed by atoms with E-state index in [0.717, 1.165) is 37.2 Å². The third-order valence-electron chi connectivity index (χ3n) is 5.33. The number of carbonyl (C=O) groups excluding carboxylic acids is 2. The monoisotopic (exact) mass is 366 g/mol. The Morgan fingerprint density at radius 1 is 1.00 bits per heavy atom. The summed E-state index contributed by atoms with van der Waals surface area (Å²) in [5, 5.41) is 1.95. The van der Waals surface area contributed by atoms with E-state index in [1.165, 1.54) is 21.8 Å². The number of piperidine rings is 1. The van der Waals surface area contributed by atoms with Gasteiger partial charge in [-0.05, 0) is 42.2 Å². The van der Waals surface area contributed by atoms with E-state index in [-0.39, 0.29) is 11.8 Å². The maximum atomic E-state index is 12.7. The van der Waals surface area contributed by atoms with Gasteiger partial charge in [-0.2, -0.15) is 0 Å². The van der Waals surface area contributed by atoms with Gasteiger partial charge in [0.25, 0.3) is 11.8 Å². The highest BCUT2D eigenvalue weighted by molar-refractivity contribution is 7.11. The first-order chi connectivity index (χ1) is 12.6. The topological polar surface area (TPSA) is 40.6 Å². The van der Waals surface area contributed by atoms with Gasteiger partial charge in [0.05, 0.1) is 5.57 Å². The Kier molecular flexibility index (Phi) is 4.64. The van der Waals surface area contributed by atoms with Crippen LogP contribution in [0.1, 0.15) is 23.3 Å². The van der Waals surface area contributed by atoms with Crippen molar-refractivity contribution in [3.8, 4) is 0 Å². The second kappa shape index (κ2) is 7.08. The molecule has 1 aromatic carbocycles. The number of nitrogens with zero attached hydrogens (tertiary/aromatic N) is 2. The number of imide groups is 1. The maximum Gasteiger partial charge on any atom is 0.277 e. The molecule has 0 N–H and O–H groups in total. The number of rotatable bonds is 4. The molecule has 0 spiro atoms. The highest BCUT2D eigenvalue weighted by Crippen LogP contribution is 2.35. The van der Waals surface area contributed by atoms with Crippen LogP contribution in [0.25, 0.3) is 5.57 Å². The number of hydrogen-bond donors (Lipinski definition) is 0. The molecule has 2 aliphatic rings. The summed E-state index contributed by atoms with van der Waals surface area (Å²) in [4.78, 5) is 29.6. The SMILES string of the molecule is CN1C(=O)C(c2cccs2)=C(N2CCC(Cc3ccccc3)CC2)C1=O. The summed E-state index contributed by atoms with van der Waals surface area (Å²) in [6.07, 6.45) is 3.17. The van der Waals surface area contributed by atoms with Gasteiger partial charge in [-0.1, -0.05) is 36.4 Å². The zero-order valence-electron chi connectivity index (χ0n) is 14.9. The van der Waals surface area contributed by atoms with Crippen LogP contribution in [0.5, 0.6) is 0 Å². The Labute approximate surface area is 157 Å². The second-order valence-electron chi connectivity index (χ2n) is 6.99. The lowest BCUT2D eigenvalue weighted by Crippen LogP contribution is -2.38. The third-order valence-corrected chi connectivity index (χ3v) is 6.22. The van der Waals surface area contributed by atoms with Crippen LogP contribution < -0.4 is 0 Å². The van der Waals surface area contributed by atoms with Crippen molar-refractivity contribution in [3.05, 3.63) is 64.0 Å². The summed E-state index contributed by atoms with van der Waals surface area (Å²) in [6, 6.07) is 14.4. The standard InChI is InChI=1S/C21H22N2O2S/c1-22-20(24)18(17-8-5-13-26-17)19(21(22)25)23-11-9-16(10-12-23)14-15-6-3-2-4-7-15/h2-8,13,16H,9-12,14H2,1H3. The minimum absolute atomic E-state index is 0.167. The van der Waals surface area contributed by atoms with Crippen LogP contribution in [0.3, 0.4) is 0 Å². The highest BCUT2D eigenvalue weighted by Gasteiger charge is 2.40. The quantitative estimate of drug-likeness (QED) is 0.779. The van der Waals surface area contributed by atoms with Crippen molar-refractivity contribution < 1.29 is 9.59 Å². The number of thiophene rings is 1. The molecule has 0 bridgehead atoms. The fourth-order valence-corrected chi connectivity index (χ4v) is 4.63. The average molecular weight is 366 g/mol. The van der Waals surface area contributed by atoms with Crippen molar-refractivity contribution in [1.82, 2.24) is 9.80 Å². The largest absolute Gasteiger partial charge is 0.366 e. The van der Waals surface area contributed by atoms with Crippen LogP contribution in [0.4, 0.5) is 0 Å². The van der Waals surface area contributed by atoms with Crippen LogP contribution in [0.15, 0.2) is 53.5 Å². The van der Waals surface area contributed by atoms with E-state index in [0.29, 0.717) is 17.2 Å². The van der Waals surface area contributed by atoms with Crippen molar-refractivity contribution in [2.75, 3.05) is 20.1 Å². The fourth-order valence-electron chi connectivity index (χ4n) is 3.87. The van der Waals surface area contributed by atoms with Crippen molar-refractivity contribution >= 4 is 28.7 Å². The molecule has 0 aliphatic carbocycles. The van der Waals surface area contributed by atoms with Gasteiger partial charge in [-0.3, -0.25) is 14.5 Å². The van der Waals surface area contributed by atoms with E-state index in [4.69, 9.17) is 0 Å². The van der Waals surface area contributed by atoms with Crippen LogP contribution in [-0.4, -0.2) is 41.8 Å².